The van der Waals surface area contributed by atoms with Gasteiger partial charge in [0.05, 0.1) is 0 Å². The van der Waals surface area contributed by atoms with Crippen LogP contribution in [-0.4, -0.2) is 4.93 Å². The van der Waals surface area contributed by atoms with E-state index in [0.717, 1.165) is 0 Å². The normalized spacial score (nSPS) is 0.0938. The maximum absolute atomic E-state index is 2.15. The van der Waals surface area contributed by atoms with Crippen LogP contribution in [0.3, 0.4) is 0 Å². The zero-order chi connectivity index (χ0) is 2.00. The van der Waals surface area contributed by atoms with Gasteiger partial charge in [-0.05, 0) is 4.93 Å². The number of hydrogen-bond acceptors (Lipinski definition) is 0. The van der Waals surface area contributed by atoms with Gasteiger partial charge in [-0.15, -0.1) is 24.0 Å². The zero-order valence-corrected chi connectivity index (χ0v) is 10.6. The van der Waals surface area contributed by atoms with E-state index >= 15 is 0 Å². The van der Waals surface area contributed by atoms with E-state index in [9.17, 15) is 0 Å². The molecule has 0 radical (unpaired) electrons. The minimum absolute atomic E-state index is 0. The summed E-state index contributed by atoms with van der Waals surface area (Å²) in [6, 6.07) is 0. The quantitative estimate of drug-likeness (QED) is 0.129. The Morgan fingerprint density at radius 1 is 0.109 bits per heavy atom. The van der Waals surface area contributed by atoms with E-state index in [-0.39, 0.29) is 491 Å². The second-order valence-electron chi connectivity index (χ2n) is 0. The van der Waals surface area contributed by atoms with E-state index in [0.29, 0.717) is 0 Å². The number of alkyl halides is 1. The fourth-order valence-electron chi connectivity index (χ4n) is 0. The molecule has 64 heavy (non-hydrogen) atoms. The largest absolute Gasteiger partial charge is 0.358 e. The van der Waals surface area contributed by atoms with Crippen molar-refractivity contribution in [2.45, 2.75) is 438 Å². The van der Waals surface area contributed by atoms with Crippen molar-refractivity contribution in [3.63, 3.8) is 0 Å². The number of rotatable bonds is 0. The Bertz CT molecular complexity index is 20.2. The van der Waals surface area contributed by atoms with Crippen LogP contribution in [0.4, 0.5) is 0 Å². The monoisotopic (exact) mass is 1410 g/mol. The van der Waals surface area contributed by atoms with Gasteiger partial charge in [0.25, 0.3) is 0 Å². The molecule has 0 aromatic rings. The van der Waals surface area contributed by atoms with E-state index in [2.05, 4.69) is 22.6 Å². The second kappa shape index (κ2) is 58100. The molecule has 0 atom stereocenters. The predicted octanol–water partition coefficient (Wildman–Crippen LogP) is 39.6. The fraction of sp³-hybridized carbons (Fsp3) is 0.984. The summed E-state index contributed by atoms with van der Waals surface area (Å²) in [6.45, 7) is 0. The van der Waals surface area contributed by atoms with Gasteiger partial charge in [0, 0.05) is 21.1 Å². The summed E-state index contributed by atoms with van der Waals surface area (Å²) in [7, 11) is 0. The molecule has 0 spiro atoms. The van der Waals surface area contributed by atoms with Crippen molar-refractivity contribution in [3.05, 3.63) is 7.43 Å². The Labute approximate surface area is 514 Å². The molecule has 0 rings (SSSR count). The Balaban J connectivity index is -0.00000000000264. The van der Waals surface area contributed by atoms with Crippen LogP contribution in [0.25, 0.3) is 0 Å². The van der Waals surface area contributed by atoms with Gasteiger partial charge < -0.3 is 7.43 Å². The van der Waals surface area contributed by atoms with E-state index in [1.807, 2.05) is 4.93 Å². The molecule has 0 heterocycles. The maximum atomic E-state index is 2.15. The molecule has 0 nitrogen and oxygen atoms in total. The Morgan fingerprint density at radius 2 is 0.109 bits per heavy atom. The van der Waals surface area contributed by atoms with E-state index in [4.69, 9.17) is 0 Å². The molecule has 0 aromatic heterocycles. The van der Waals surface area contributed by atoms with E-state index in [1.165, 1.54) is 0 Å². The summed E-state index contributed by atoms with van der Waals surface area (Å²) in [6.07, 6.45) is 0. The molecule has 508 valence electrons. The van der Waals surface area contributed by atoms with Crippen LogP contribution in [0.5, 0.6) is 0 Å². The fourth-order valence-corrected chi connectivity index (χ4v) is 0. The van der Waals surface area contributed by atoms with Gasteiger partial charge in [-0.2, -0.15) is 0 Å². The number of hydrogen-bond donors (Lipinski definition) is 0. The minimum Gasteiger partial charge on any atom is -0.358 e. The molecule has 0 aliphatic heterocycles. The first-order valence-corrected chi connectivity index (χ1v) is 2.54. The van der Waals surface area contributed by atoms with Gasteiger partial charge in [0.1, 0.15) is 0 Å². The van der Waals surface area contributed by atoms with Crippen molar-refractivity contribution >= 4 is 46.6 Å². The molecule has 0 unspecified atom stereocenters. The van der Waals surface area contributed by atoms with Crippen molar-refractivity contribution in [1.29, 1.82) is 0 Å². The van der Waals surface area contributed by atoms with Gasteiger partial charge in [-0.3, -0.25) is 0 Å². The van der Waals surface area contributed by atoms with Crippen LogP contribution >= 0.6 is 46.6 Å². The van der Waals surface area contributed by atoms with E-state index < -0.39 is 0 Å². The van der Waals surface area contributed by atoms with Gasteiger partial charge in [-0.1, -0.05) is 461 Å². The van der Waals surface area contributed by atoms with Crippen molar-refractivity contribution in [2.75, 3.05) is 4.93 Å². The smallest absolute Gasteiger partial charge is 0 e. The first-order valence-electron chi connectivity index (χ1n) is 0.378. The van der Waals surface area contributed by atoms with Crippen molar-refractivity contribution < 1.29 is 21.1 Å². The average molecular weight is 1420 g/mol. The molecule has 0 saturated carbocycles. The topological polar surface area (TPSA) is 0 Å². The molecule has 0 aromatic carbocycles. The maximum Gasteiger partial charge on any atom is 0 e. The van der Waals surface area contributed by atoms with Crippen LogP contribution in [0, 0.1) is 7.43 Å². The molecule has 0 aliphatic carbocycles. The molecule has 0 fully saturated rings. The van der Waals surface area contributed by atoms with Crippen LogP contribution in [0.1, 0.15) is 438 Å². The third-order valence-corrected chi connectivity index (χ3v) is 0. The third kappa shape index (κ3) is 55400. The van der Waals surface area contributed by atoms with Gasteiger partial charge >= 0.3 is 0 Å². The predicted molar refractivity (Wildman–Crippen MR) is 439 cm³/mol. The Morgan fingerprint density at radius 3 is 0.109 bits per heavy atom. The molecule has 0 bridgehead atoms. The van der Waals surface area contributed by atoms with Crippen LogP contribution in [0.2, 0.25) is 0 Å². The average Bonchev–Trinajstić information content (AvgIpc) is 1.00. The van der Waals surface area contributed by atoms with E-state index in [1.54, 1.807) is 0 Å². The molecule has 0 saturated heterocycles. The van der Waals surface area contributed by atoms with Crippen molar-refractivity contribution in [1.82, 2.24) is 0 Å². The SMILES string of the molecule is C.C.C.C.C.C.C.C.C.C.C.C.C.C.C.C.C.C.C.C.C.C.C.C.C.C.C.C.C.C.C.C.C.C.C.C.C.C.C.C.C.C.C.C.C.C.C.C.C.C.C.C.C.C.C.C.C.C.C.CI.I.[CH3-].[W]. The Hall–Kier alpha value is 2.15. The van der Waals surface area contributed by atoms with Gasteiger partial charge in [-0.25, -0.2) is 0 Å². The second-order valence-corrected chi connectivity index (χ2v) is 0. The van der Waals surface area contributed by atoms with Crippen molar-refractivity contribution in [3.8, 4) is 0 Å². The summed E-state index contributed by atoms with van der Waals surface area (Å²) < 4.78 is 0. The molecule has 3 heteroatoms. The third-order valence-electron chi connectivity index (χ3n) is 0. The van der Waals surface area contributed by atoms with Crippen molar-refractivity contribution in [2.24, 2.45) is 0 Å². The van der Waals surface area contributed by atoms with Crippen LogP contribution in [-0.2, 0) is 21.1 Å². The molecular weight excluding hydrogens is 1170 g/mol. The summed E-state index contributed by atoms with van der Waals surface area (Å²) >= 11 is 2.15. The summed E-state index contributed by atoms with van der Waals surface area (Å²) in [4.78, 5) is 1.97. The molecule has 0 amide bonds. The molecular formula is C61H243I2W-. The van der Waals surface area contributed by atoms with Gasteiger partial charge in [0.15, 0.2) is 0 Å². The molecule has 0 aliphatic rings. The first-order chi connectivity index (χ1) is 1.00. The summed E-state index contributed by atoms with van der Waals surface area (Å²) in [5, 5.41) is 0. The zero-order valence-electron chi connectivity index (χ0n) is 3.19. The van der Waals surface area contributed by atoms with Crippen LogP contribution in [0.15, 0.2) is 0 Å². The van der Waals surface area contributed by atoms with Crippen LogP contribution < -0.4 is 0 Å². The van der Waals surface area contributed by atoms with Gasteiger partial charge in [0.2, 0.25) is 0 Å². The molecule has 0 N–H and O–H groups in total. The first kappa shape index (κ1) is 28300. The number of halogens is 2. The standard InChI is InChI=1S/CH3I.59CH4.CH3.HI.W/c1-2;;;;;;;;;;;;;;;;;;;;;;;;;;;;;;;;;;;;;;;;;;;;;;;;;;;;;;;;;;;;;;/h1H3;59*1H4;1H3;1H;/q;;;;;;;;;;;;;;;;;;;;;;;;;;;;;;;;;;;;;;;;;;;;;;;;;;;;;;;;;;;;-1;;. The summed E-state index contributed by atoms with van der Waals surface area (Å²) in [5.41, 5.74) is 0. The Kier molecular flexibility index (Phi) is 25700000. The minimum atomic E-state index is 0. The summed E-state index contributed by atoms with van der Waals surface area (Å²) in [5.74, 6) is 0.